The van der Waals surface area contributed by atoms with Crippen LogP contribution >= 0.6 is 0 Å². The highest BCUT2D eigenvalue weighted by molar-refractivity contribution is 5.27. The molecule has 0 amide bonds. The molecule has 0 aliphatic rings. The van der Waals surface area contributed by atoms with Gasteiger partial charge in [0.25, 0.3) is 0 Å². The number of unbranched alkanes of at least 4 members (excludes halogenated alkanes) is 11. The summed E-state index contributed by atoms with van der Waals surface area (Å²) in [5, 5.41) is 9.43. The maximum atomic E-state index is 9.43. The van der Waals surface area contributed by atoms with Gasteiger partial charge in [0, 0.05) is 0 Å². The van der Waals surface area contributed by atoms with Crippen molar-refractivity contribution >= 4 is 0 Å². The van der Waals surface area contributed by atoms with Gasteiger partial charge < -0.3 is 5.11 Å². The van der Waals surface area contributed by atoms with Crippen LogP contribution in [0.3, 0.4) is 0 Å². The third kappa shape index (κ3) is 12.2. The molecule has 1 heteroatoms. The van der Waals surface area contributed by atoms with Crippen molar-refractivity contribution in [2.45, 2.75) is 96.8 Å². The highest BCUT2D eigenvalue weighted by Crippen LogP contribution is 2.15. The average molecular weight is 331 g/mol. The van der Waals surface area contributed by atoms with E-state index in [2.05, 4.69) is 25.1 Å². The summed E-state index contributed by atoms with van der Waals surface area (Å²) in [6.07, 6.45) is 23.3. The Balaban J connectivity index is 1.82. The summed E-state index contributed by atoms with van der Waals surface area (Å²) in [6.45, 7) is 2.28. The van der Waals surface area contributed by atoms with Crippen LogP contribution in [0, 0.1) is 0 Å². The quantitative estimate of drug-likeness (QED) is 0.259. The third-order valence-electron chi connectivity index (χ3n) is 4.64. The van der Waals surface area contributed by atoms with Crippen LogP contribution in [0.2, 0.25) is 0 Å². The van der Waals surface area contributed by atoms with E-state index in [1.807, 2.05) is 12.1 Å². The Bertz CT molecular complexity index is 422. The number of rotatable bonds is 15. The second-order valence-electron chi connectivity index (χ2n) is 7.00. The summed E-state index contributed by atoms with van der Waals surface area (Å²) >= 11 is 0. The Kier molecular flexibility index (Phi) is 13.3. The predicted molar refractivity (Wildman–Crippen MR) is 107 cm³/mol. The lowest BCUT2D eigenvalue weighted by atomic mass is 10.0. The molecule has 0 aliphatic carbocycles. The van der Waals surface area contributed by atoms with E-state index in [0.29, 0.717) is 5.75 Å². The summed E-state index contributed by atoms with van der Waals surface area (Å²) in [7, 11) is 0. The van der Waals surface area contributed by atoms with Crippen molar-refractivity contribution in [2.75, 3.05) is 0 Å². The number of aryl methyl sites for hydroxylation is 1. The van der Waals surface area contributed by atoms with Crippen LogP contribution in [0.15, 0.2) is 36.4 Å². The van der Waals surface area contributed by atoms with Crippen LogP contribution in [0.1, 0.15) is 96.0 Å². The smallest absolute Gasteiger partial charge is 0.115 e. The van der Waals surface area contributed by atoms with Crippen molar-refractivity contribution in [1.29, 1.82) is 0 Å². The van der Waals surface area contributed by atoms with Gasteiger partial charge in [-0.05, 0) is 56.2 Å². The third-order valence-corrected chi connectivity index (χ3v) is 4.64. The Morgan fingerprint density at radius 1 is 0.750 bits per heavy atom. The van der Waals surface area contributed by atoms with Crippen molar-refractivity contribution in [1.82, 2.24) is 0 Å². The van der Waals surface area contributed by atoms with E-state index in [0.717, 1.165) is 6.42 Å². The number of allylic oxidation sites excluding steroid dienone is 2. The van der Waals surface area contributed by atoms with Crippen LogP contribution in [0.25, 0.3) is 0 Å². The summed E-state index contributed by atoms with van der Waals surface area (Å²) in [4.78, 5) is 0. The van der Waals surface area contributed by atoms with E-state index in [1.54, 1.807) is 6.07 Å². The molecule has 0 bridgehead atoms. The molecule has 0 atom stereocenters. The van der Waals surface area contributed by atoms with Gasteiger partial charge in [-0.1, -0.05) is 82.6 Å². The van der Waals surface area contributed by atoms with Crippen LogP contribution in [0.4, 0.5) is 0 Å². The summed E-state index contributed by atoms with van der Waals surface area (Å²) in [5.41, 5.74) is 1.26. The molecule has 24 heavy (non-hydrogen) atoms. The Hall–Kier alpha value is -1.24. The summed E-state index contributed by atoms with van der Waals surface area (Å²) < 4.78 is 0. The Morgan fingerprint density at radius 3 is 1.96 bits per heavy atom. The number of phenolic OH excluding ortho intramolecular Hbond substituents is 1. The Morgan fingerprint density at radius 2 is 1.33 bits per heavy atom. The van der Waals surface area contributed by atoms with E-state index in [-0.39, 0.29) is 0 Å². The van der Waals surface area contributed by atoms with Crippen LogP contribution < -0.4 is 0 Å². The highest BCUT2D eigenvalue weighted by atomic mass is 16.3. The summed E-state index contributed by atoms with van der Waals surface area (Å²) in [6, 6.07) is 7.66. The standard InChI is InChI=1S/C23H38O/c1-2-3-4-5-6-7-8-9-10-11-12-13-14-15-16-18-22-19-17-20-23(24)21-22/h9-10,17,19-21,24H,2-8,11-16,18H2,1H3. The normalized spacial score (nSPS) is 11.4. The zero-order valence-electron chi connectivity index (χ0n) is 15.8. The van der Waals surface area contributed by atoms with Gasteiger partial charge in [0.15, 0.2) is 0 Å². The zero-order valence-corrected chi connectivity index (χ0v) is 15.8. The lowest BCUT2D eigenvalue weighted by Gasteiger charge is -2.02. The minimum absolute atomic E-state index is 0.389. The van der Waals surface area contributed by atoms with Gasteiger partial charge in [-0.2, -0.15) is 0 Å². The number of phenols is 1. The first-order valence-electron chi connectivity index (χ1n) is 10.3. The molecule has 0 aliphatic heterocycles. The minimum atomic E-state index is 0.389. The van der Waals surface area contributed by atoms with Crippen LogP contribution in [0.5, 0.6) is 5.75 Å². The van der Waals surface area contributed by atoms with Crippen molar-refractivity contribution in [2.24, 2.45) is 0 Å². The fourth-order valence-electron chi connectivity index (χ4n) is 3.11. The van der Waals surface area contributed by atoms with Crippen molar-refractivity contribution in [3.05, 3.63) is 42.0 Å². The van der Waals surface area contributed by atoms with Gasteiger partial charge in [0.05, 0.1) is 0 Å². The molecular formula is C23H38O. The maximum Gasteiger partial charge on any atom is 0.115 e. The monoisotopic (exact) mass is 330 g/mol. The minimum Gasteiger partial charge on any atom is -0.508 e. The van der Waals surface area contributed by atoms with E-state index >= 15 is 0 Å². The lowest BCUT2D eigenvalue weighted by Crippen LogP contribution is -1.86. The second-order valence-corrected chi connectivity index (χ2v) is 7.00. The second kappa shape index (κ2) is 15.3. The zero-order chi connectivity index (χ0) is 17.3. The molecule has 1 nitrogen and oxygen atoms in total. The van der Waals surface area contributed by atoms with E-state index in [1.165, 1.54) is 89.0 Å². The molecule has 0 aromatic heterocycles. The molecule has 0 saturated heterocycles. The lowest BCUT2D eigenvalue weighted by molar-refractivity contribution is 0.474. The molecule has 0 spiro atoms. The molecule has 0 radical (unpaired) electrons. The topological polar surface area (TPSA) is 20.2 Å². The molecular weight excluding hydrogens is 292 g/mol. The van der Waals surface area contributed by atoms with Gasteiger partial charge in [0.2, 0.25) is 0 Å². The Labute approximate surface area is 150 Å². The fourth-order valence-corrected chi connectivity index (χ4v) is 3.11. The molecule has 1 aromatic carbocycles. The number of benzene rings is 1. The van der Waals surface area contributed by atoms with Gasteiger partial charge in [-0.3, -0.25) is 0 Å². The largest absolute Gasteiger partial charge is 0.508 e. The maximum absolute atomic E-state index is 9.43. The first-order chi connectivity index (χ1) is 11.8. The van der Waals surface area contributed by atoms with E-state index < -0.39 is 0 Å². The number of hydrogen-bond acceptors (Lipinski definition) is 1. The first-order valence-corrected chi connectivity index (χ1v) is 10.3. The molecule has 0 unspecified atom stereocenters. The van der Waals surface area contributed by atoms with Gasteiger partial charge in [-0.15, -0.1) is 0 Å². The average Bonchev–Trinajstić information content (AvgIpc) is 2.58. The van der Waals surface area contributed by atoms with Crippen LogP contribution in [-0.2, 0) is 6.42 Å². The molecule has 1 rings (SSSR count). The molecule has 0 heterocycles. The molecule has 1 aromatic rings. The van der Waals surface area contributed by atoms with Crippen LogP contribution in [-0.4, -0.2) is 5.11 Å². The predicted octanol–water partition coefficient (Wildman–Crippen LogP) is 7.58. The van der Waals surface area contributed by atoms with E-state index in [9.17, 15) is 5.11 Å². The fraction of sp³-hybridized carbons (Fsp3) is 0.652. The van der Waals surface area contributed by atoms with Gasteiger partial charge >= 0.3 is 0 Å². The van der Waals surface area contributed by atoms with E-state index in [4.69, 9.17) is 0 Å². The van der Waals surface area contributed by atoms with Crippen molar-refractivity contribution in [3.8, 4) is 5.75 Å². The highest BCUT2D eigenvalue weighted by Gasteiger charge is 1.95. The molecule has 1 N–H and O–H groups in total. The van der Waals surface area contributed by atoms with Gasteiger partial charge in [0.1, 0.15) is 5.75 Å². The van der Waals surface area contributed by atoms with Crippen molar-refractivity contribution < 1.29 is 5.11 Å². The molecule has 0 saturated carbocycles. The summed E-state index contributed by atoms with van der Waals surface area (Å²) in [5.74, 6) is 0.389. The molecule has 136 valence electrons. The van der Waals surface area contributed by atoms with Crippen molar-refractivity contribution in [3.63, 3.8) is 0 Å². The first kappa shape index (κ1) is 20.8. The number of aromatic hydroxyl groups is 1. The van der Waals surface area contributed by atoms with Gasteiger partial charge in [-0.25, -0.2) is 0 Å². The number of hydrogen-bond donors (Lipinski definition) is 1. The SMILES string of the molecule is CCCCCCCCC=CCCCCCCCc1cccc(O)c1. The molecule has 0 fully saturated rings.